The zero-order valence-electron chi connectivity index (χ0n) is 12.4. The first-order valence-corrected chi connectivity index (χ1v) is 6.95. The van der Waals surface area contributed by atoms with Crippen molar-refractivity contribution in [2.24, 2.45) is 5.73 Å². The van der Waals surface area contributed by atoms with E-state index in [1.165, 1.54) is 0 Å². The molecule has 0 saturated carbocycles. The first-order chi connectivity index (χ1) is 10.6. The van der Waals surface area contributed by atoms with Gasteiger partial charge in [0.05, 0.1) is 18.0 Å². The van der Waals surface area contributed by atoms with E-state index in [1.807, 2.05) is 36.6 Å². The van der Waals surface area contributed by atoms with Crippen LogP contribution in [0, 0.1) is 0 Å². The minimum atomic E-state index is -0.443. The lowest BCUT2D eigenvalue weighted by molar-refractivity contribution is 0.100. The molecule has 0 aliphatic rings. The molecule has 112 valence electrons. The maximum Gasteiger partial charge on any atom is 0.258 e. The largest absolute Gasteiger partial charge is 0.472 e. The van der Waals surface area contributed by atoms with Crippen LogP contribution < -0.4 is 10.5 Å². The monoisotopic (exact) mass is 296 g/mol. The van der Waals surface area contributed by atoms with Gasteiger partial charge in [0.15, 0.2) is 0 Å². The Morgan fingerprint density at radius 2 is 1.95 bits per heavy atom. The summed E-state index contributed by atoms with van der Waals surface area (Å²) >= 11 is 0. The highest BCUT2D eigenvalue weighted by Gasteiger charge is 2.12. The summed E-state index contributed by atoms with van der Waals surface area (Å²) in [7, 11) is 0. The number of fused-ring (bicyclic) bond motifs is 1. The molecule has 0 fully saturated rings. The van der Waals surface area contributed by atoms with Crippen molar-refractivity contribution in [3.8, 4) is 17.1 Å². The molecule has 0 atom stereocenters. The SMILES string of the molecule is CC(C)Oc1nccn2c(-c3ccc(C(N)=O)cc3)cnc12. The van der Waals surface area contributed by atoms with Crippen molar-refractivity contribution in [3.05, 3.63) is 48.4 Å². The second-order valence-electron chi connectivity index (χ2n) is 5.18. The van der Waals surface area contributed by atoms with Gasteiger partial charge in [-0.25, -0.2) is 9.97 Å². The number of benzene rings is 1. The first kappa shape index (κ1) is 14.1. The summed E-state index contributed by atoms with van der Waals surface area (Å²) in [5.74, 6) is 0.0546. The van der Waals surface area contributed by atoms with Crippen molar-refractivity contribution >= 4 is 11.6 Å². The number of nitrogens with zero attached hydrogens (tertiary/aromatic N) is 3. The number of nitrogens with two attached hydrogens (primary N) is 1. The van der Waals surface area contributed by atoms with Crippen molar-refractivity contribution in [2.45, 2.75) is 20.0 Å². The normalized spacial score (nSPS) is 11.0. The highest BCUT2D eigenvalue weighted by Crippen LogP contribution is 2.25. The van der Waals surface area contributed by atoms with E-state index in [0.29, 0.717) is 17.1 Å². The molecular formula is C16H16N4O2. The lowest BCUT2D eigenvalue weighted by Crippen LogP contribution is -2.10. The molecule has 0 unspecified atom stereocenters. The molecule has 0 aliphatic carbocycles. The fourth-order valence-corrected chi connectivity index (χ4v) is 2.22. The topological polar surface area (TPSA) is 82.5 Å². The molecule has 2 heterocycles. The highest BCUT2D eigenvalue weighted by molar-refractivity contribution is 5.93. The highest BCUT2D eigenvalue weighted by atomic mass is 16.5. The lowest BCUT2D eigenvalue weighted by Gasteiger charge is -2.09. The number of imidazole rings is 1. The maximum absolute atomic E-state index is 11.1. The van der Waals surface area contributed by atoms with Crippen LogP contribution in [0.15, 0.2) is 42.9 Å². The molecular weight excluding hydrogens is 280 g/mol. The zero-order valence-corrected chi connectivity index (χ0v) is 12.4. The molecule has 0 aliphatic heterocycles. The lowest BCUT2D eigenvalue weighted by atomic mass is 10.1. The molecule has 0 bridgehead atoms. The molecule has 6 heteroatoms. The molecule has 2 aromatic heterocycles. The predicted molar refractivity (Wildman–Crippen MR) is 82.7 cm³/mol. The maximum atomic E-state index is 11.1. The van der Waals surface area contributed by atoms with E-state index in [2.05, 4.69) is 9.97 Å². The Labute approximate surface area is 127 Å². The summed E-state index contributed by atoms with van der Waals surface area (Å²) in [5.41, 5.74) is 8.21. The van der Waals surface area contributed by atoms with Crippen molar-refractivity contribution in [1.82, 2.24) is 14.4 Å². The molecule has 0 saturated heterocycles. The Kier molecular flexibility index (Phi) is 3.50. The minimum absolute atomic E-state index is 0.0219. The number of hydrogen-bond acceptors (Lipinski definition) is 4. The third kappa shape index (κ3) is 2.50. The van der Waals surface area contributed by atoms with E-state index in [0.717, 1.165) is 11.3 Å². The average molecular weight is 296 g/mol. The van der Waals surface area contributed by atoms with Gasteiger partial charge in [-0.2, -0.15) is 0 Å². The second kappa shape index (κ2) is 5.48. The number of primary amides is 1. The van der Waals surface area contributed by atoms with Crippen LogP contribution >= 0.6 is 0 Å². The fraction of sp³-hybridized carbons (Fsp3) is 0.188. The van der Waals surface area contributed by atoms with Crippen molar-refractivity contribution < 1.29 is 9.53 Å². The third-order valence-corrected chi connectivity index (χ3v) is 3.21. The fourth-order valence-electron chi connectivity index (χ4n) is 2.22. The van der Waals surface area contributed by atoms with Crippen molar-refractivity contribution in [2.75, 3.05) is 0 Å². The quantitative estimate of drug-likeness (QED) is 0.800. The van der Waals surface area contributed by atoms with Gasteiger partial charge in [0.1, 0.15) is 0 Å². The second-order valence-corrected chi connectivity index (χ2v) is 5.18. The van der Waals surface area contributed by atoms with Gasteiger partial charge in [-0.1, -0.05) is 12.1 Å². The molecule has 1 aromatic carbocycles. The number of carbonyl (C=O) groups is 1. The van der Waals surface area contributed by atoms with E-state index in [-0.39, 0.29) is 6.10 Å². The van der Waals surface area contributed by atoms with Gasteiger partial charge in [-0.05, 0) is 26.0 Å². The van der Waals surface area contributed by atoms with Gasteiger partial charge in [0.2, 0.25) is 11.6 Å². The number of ether oxygens (including phenoxy) is 1. The van der Waals surface area contributed by atoms with E-state index in [9.17, 15) is 4.79 Å². The summed E-state index contributed by atoms with van der Waals surface area (Å²) < 4.78 is 7.58. The Morgan fingerprint density at radius 1 is 1.23 bits per heavy atom. The molecule has 6 nitrogen and oxygen atoms in total. The van der Waals surface area contributed by atoms with E-state index >= 15 is 0 Å². The molecule has 0 spiro atoms. The summed E-state index contributed by atoms with van der Waals surface area (Å²) in [4.78, 5) is 19.8. The average Bonchev–Trinajstić information content (AvgIpc) is 2.92. The zero-order chi connectivity index (χ0) is 15.7. The van der Waals surface area contributed by atoms with Crippen LogP contribution in [-0.4, -0.2) is 26.4 Å². The first-order valence-electron chi connectivity index (χ1n) is 6.95. The Balaban J connectivity index is 2.06. The summed E-state index contributed by atoms with van der Waals surface area (Å²) in [5, 5.41) is 0. The summed E-state index contributed by atoms with van der Waals surface area (Å²) in [6, 6.07) is 7.08. The van der Waals surface area contributed by atoms with Crippen LogP contribution in [-0.2, 0) is 0 Å². The molecule has 3 aromatic rings. The summed E-state index contributed by atoms with van der Waals surface area (Å²) in [6.45, 7) is 3.88. The summed E-state index contributed by atoms with van der Waals surface area (Å²) in [6.07, 6.45) is 5.28. The van der Waals surface area contributed by atoms with E-state index in [1.54, 1.807) is 24.5 Å². The molecule has 2 N–H and O–H groups in total. The third-order valence-electron chi connectivity index (χ3n) is 3.21. The van der Waals surface area contributed by atoms with E-state index in [4.69, 9.17) is 10.5 Å². The van der Waals surface area contributed by atoms with Crippen molar-refractivity contribution in [1.29, 1.82) is 0 Å². The van der Waals surface area contributed by atoms with E-state index < -0.39 is 5.91 Å². The van der Waals surface area contributed by atoms with Crippen LogP contribution in [0.25, 0.3) is 16.9 Å². The predicted octanol–water partition coefficient (Wildman–Crippen LogP) is 2.28. The van der Waals surface area contributed by atoms with Gasteiger partial charge in [-0.3, -0.25) is 9.20 Å². The van der Waals surface area contributed by atoms with Gasteiger partial charge in [0, 0.05) is 23.5 Å². The number of rotatable bonds is 4. The Hall–Kier alpha value is -2.89. The van der Waals surface area contributed by atoms with Crippen LogP contribution in [0.1, 0.15) is 24.2 Å². The Bertz CT molecular complexity index is 822. The van der Waals surface area contributed by atoms with Gasteiger partial charge in [0.25, 0.3) is 5.88 Å². The number of carbonyl (C=O) groups excluding carboxylic acids is 1. The minimum Gasteiger partial charge on any atom is -0.472 e. The van der Waals surface area contributed by atoms with Gasteiger partial charge >= 0.3 is 0 Å². The van der Waals surface area contributed by atoms with Gasteiger partial charge < -0.3 is 10.5 Å². The number of hydrogen-bond donors (Lipinski definition) is 1. The van der Waals surface area contributed by atoms with Crippen LogP contribution in [0.2, 0.25) is 0 Å². The number of aromatic nitrogens is 3. The van der Waals surface area contributed by atoms with Crippen LogP contribution in [0.3, 0.4) is 0 Å². The molecule has 1 amide bonds. The van der Waals surface area contributed by atoms with Crippen LogP contribution in [0.4, 0.5) is 0 Å². The van der Waals surface area contributed by atoms with Crippen molar-refractivity contribution in [3.63, 3.8) is 0 Å². The Morgan fingerprint density at radius 3 is 2.59 bits per heavy atom. The standard InChI is InChI=1S/C16H16N4O2/c1-10(2)22-16-15-19-9-13(20(15)8-7-18-16)11-3-5-12(6-4-11)14(17)21/h3-10H,1-2H3,(H2,17,21). The number of amides is 1. The molecule has 3 rings (SSSR count). The smallest absolute Gasteiger partial charge is 0.258 e. The van der Waals surface area contributed by atoms with Crippen LogP contribution in [0.5, 0.6) is 5.88 Å². The molecule has 0 radical (unpaired) electrons. The van der Waals surface area contributed by atoms with Gasteiger partial charge in [-0.15, -0.1) is 0 Å². The molecule has 22 heavy (non-hydrogen) atoms.